The van der Waals surface area contributed by atoms with Crippen LogP contribution in [0.15, 0.2) is 53.4 Å². The van der Waals surface area contributed by atoms with Crippen LogP contribution in [0.5, 0.6) is 0 Å². The predicted octanol–water partition coefficient (Wildman–Crippen LogP) is 3.76. The first-order valence-corrected chi connectivity index (χ1v) is 12.7. The van der Waals surface area contributed by atoms with Crippen molar-refractivity contribution in [3.63, 3.8) is 0 Å². The molecule has 196 valence electrons. The molecule has 1 fully saturated rings. The average Bonchev–Trinajstić information content (AvgIpc) is 3.44. The SMILES string of the molecule is Cn1cc(-c2cnc(N)c(C(=O)N[C@H]3CN(C(=O)OC(C)(C)C)C[C@@H]3OCc3ccc(Br)cc3)c2)cn1. The smallest absolute Gasteiger partial charge is 0.410 e. The first-order chi connectivity index (χ1) is 17.5. The molecule has 0 aliphatic carbocycles. The fraction of sp³-hybridized carbons (Fsp3) is 0.385. The summed E-state index contributed by atoms with van der Waals surface area (Å²) < 4.78 is 14.4. The molecule has 10 nitrogen and oxygen atoms in total. The molecule has 37 heavy (non-hydrogen) atoms. The molecule has 0 saturated carbocycles. The van der Waals surface area contributed by atoms with E-state index in [0.717, 1.165) is 21.2 Å². The monoisotopic (exact) mass is 570 g/mol. The zero-order chi connectivity index (χ0) is 26.7. The third-order valence-corrected chi connectivity index (χ3v) is 6.34. The number of rotatable bonds is 6. The van der Waals surface area contributed by atoms with Crippen LogP contribution in [0.1, 0.15) is 36.7 Å². The molecule has 0 unspecified atom stereocenters. The molecular weight excluding hydrogens is 540 g/mol. The highest BCUT2D eigenvalue weighted by Gasteiger charge is 2.39. The summed E-state index contributed by atoms with van der Waals surface area (Å²) in [6.45, 7) is 6.28. The number of likely N-dealkylation sites (tertiary alicyclic amines) is 1. The summed E-state index contributed by atoms with van der Waals surface area (Å²) in [7, 11) is 1.81. The van der Waals surface area contributed by atoms with E-state index in [4.69, 9.17) is 15.2 Å². The van der Waals surface area contributed by atoms with Gasteiger partial charge in [0.05, 0.1) is 37.1 Å². The summed E-state index contributed by atoms with van der Waals surface area (Å²) in [5.41, 5.74) is 8.17. The fourth-order valence-electron chi connectivity index (χ4n) is 3.97. The molecule has 0 bridgehead atoms. The third kappa shape index (κ3) is 6.86. The van der Waals surface area contributed by atoms with E-state index in [2.05, 4.69) is 31.3 Å². The van der Waals surface area contributed by atoms with E-state index >= 15 is 0 Å². The Balaban J connectivity index is 1.51. The van der Waals surface area contributed by atoms with Crippen molar-refractivity contribution in [2.24, 2.45) is 7.05 Å². The number of ether oxygens (including phenoxy) is 2. The molecule has 1 aromatic carbocycles. The van der Waals surface area contributed by atoms with Crippen molar-refractivity contribution in [2.45, 2.75) is 45.1 Å². The van der Waals surface area contributed by atoms with Gasteiger partial charge in [0, 0.05) is 41.6 Å². The number of carbonyl (C=O) groups excluding carboxylic acids is 2. The molecule has 1 aliphatic rings. The maximum Gasteiger partial charge on any atom is 0.410 e. The van der Waals surface area contributed by atoms with Gasteiger partial charge in [0.2, 0.25) is 0 Å². The van der Waals surface area contributed by atoms with Crippen LogP contribution in [0.25, 0.3) is 11.1 Å². The van der Waals surface area contributed by atoms with Crippen LogP contribution in [-0.2, 0) is 23.1 Å². The van der Waals surface area contributed by atoms with E-state index < -0.39 is 29.7 Å². The van der Waals surface area contributed by atoms with Gasteiger partial charge in [-0.25, -0.2) is 9.78 Å². The summed E-state index contributed by atoms with van der Waals surface area (Å²) in [5, 5.41) is 7.17. The summed E-state index contributed by atoms with van der Waals surface area (Å²) in [6.07, 6.45) is 4.22. The summed E-state index contributed by atoms with van der Waals surface area (Å²) in [4.78, 5) is 31.9. The summed E-state index contributed by atoms with van der Waals surface area (Å²) in [6, 6.07) is 8.99. The lowest BCUT2D eigenvalue weighted by Gasteiger charge is -2.24. The standard InChI is InChI=1S/C26H31BrN6O4/c1-26(2,3)37-25(35)33-13-21(22(14-33)36-15-16-5-7-19(27)8-6-16)31-24(34)20-9-17(10-29-23(20)28)18-11-30-32(4)12-18/h5-12,21-22H,13-15H2,1-4H3,(H2,28,29)(H,31,34)/t21-,22-/m0/s1. The first kappa shape index (κ1) is 26.6. The van der Waals surface area contributed by atoms with E-state index in [1.54, 1.807) is 28.0 Å². The number of halogens is 1. The molecule has 2 amide bonds. The number of hydrogen-bond donors (Lipinski definition) is 2. The number of nitrogens with two attached hydrogens (primary N) is 1. The highest BCUT2D eigenvalue weighted by Crippen LogP contribution is 2.24. The number of benzene rings is 1. The molecule has 0 spiro atoms. The normalized spacial score (nSPS) is 17.6. The lowest BCUT2D eigenvalue weighted by atomic mass is 10.1. The number of nitrogens with one attached hydrogen (secondary N) is 1. The Morgan fingerprint density at radius 1 is 1.16 bits per heavy atom. The van der Waals surface area contributed by atoms with Crippen molar-refractivity contribution < 1.29 is 19.1 Å². The third-order valence-electron chi connectivity index (χ3n) is 5.81. The molecule has 3 heterocycles. The Morgan fingerprint density at radius 2 is 1.89 bits per heavy atom. The van der Waals surface area contributed by atoms with Crippen molar-refractivity contribution in [2.75, 3.05) is 18.8 Å². The van der Waals surface area contributed by atoms with Gasteiger partial charge in [0.1, 0.15) is 11.4 Å². The lowest BCUT2D eigenvalue weighted by molar-refractivity contribution is 0.0159. The topological polar surface area (TPSA) is 125 Å². The minimum Gasteiger partial charge on any atom is -0.444 e. The maximum atomic E-state index is 13.3. The van der Waals surface area contributed by atoms with Crippen molar-refractivity contribution in [1.82, 2.24) is 25.0 Å². The lowest BCUT2D eigenvalue weighted by Crippen LogP contribution is -2.44. The highest BCUT2D eigenvalue weighted by atomic mass is 79.9. The van der Waals surface area contributed by atoms with Gasteiger partial charge in [-0.1, -0.05) is 28.1 Å². The Labute approximate surface area is 224 Å². The zero-order valence-corrected chi connectivity index (χ0v) is 22.9. The van der Waals surface area contributed by atoms with Crippen molar-refractivity contribution in [1.29, 1.82) is 0 Å². The van der Waals surface area contributed by atoms with E-state index in [1.807, 2.05) is 58.3 Å². The first-order valence-electron chi connectivity index (χ1n) is 11.9. The van der Waals surface area contributed by atoms with E-state index in [0.29, 0.717) is 6.61 Å². The highest BCUT2D eigenvalue weighted by molar-refractivity contribution is 9.10. The van der Waals surface area contributed by atoms with Crippen LogP contribution >= 0.6 is 15.9 Å². The molecule has 4 rings (SSSR count). The maximum absolute atomic E-state index is 13.3. The van der Waals surface area contributed by atoms with E-state index in [-0.39, 0.29) is 24.5 Å². The van der Waals surface area contributed by atoms with Crippen LogP contribution in [0.4, 0.5) is 10.6 Å². The average molecular weight is 571 g/mol. The van der Waals surface area contributed by atoms with Crippen molar-refractivity contribution >= 4 is 33.7 Å². The zero-order valence-electron chi connectivity index (χ0n) is 21.3. The van der Waals surface area contributed by atoms with Crippen LogP contribution in [0, 0.1) is 0 Å². The Kier molecular flexibility index (Phi) is 7.84. The molecule has 0 radical (unpaired) electrons. The Hall–Kier alpha value is -3.44. The summed E-state index contributed by atoms with van der Waals surface area (Å²) >= 11 is 3.43. The number of nitrogen functional groups attached to an aromatic ring is 1. The van der Waals surface area contributed by atoms with Gasteiger partial charge < -0.3 is 25.4 Å². The van der Waals surface area contributed by atoms with Gasteiger partial charge in [0.25, 0.3) is 5.91 Å². The number of hydrogen-bond acceptors (Lipinski definition) is 7. The van der Waals surface area contributed by atoms with Crippen molar-refractivity contribution in [3.8, 4) is 11.1 Å². The van der Waals surface area contributed by atoms with Gasteiger partial charge in [-0.15, -0.1) is 0 Å². The van der Waals surface area contributed by atoms with E-state index in [1.165, 1.54) is 0 Å². The Bertz CT molecular complexity index is 1270. The molecule has 2 aromatic heterocycles. The molecule has 11 heteroatoms. The summed E-state index contributed by atoms with van der Waals surface area (Å²) in [5.74, 6) is -0.288. The van der Waals surface area contributed by atoms with Crippen LogP contribution in [0.2, 0.25) is 0 Å². The predicted molar refractivity (Wildman–Crippen MR) is 143 cm³/mol. The molecule has 2 atom stereocenters. The Morgan fingerprint density at radius 3 is 2.54 bits per heavy atom. The minimum absolute atomic E-state index is 0.111. The second kappa shape index (κ2) is 10.9. The molecule has 3 aromatic rings. The van der Waals surface area contributed by atoms with Crippen LogP contribution in [0.3, 0.4) is 0 Å². The second-order valence-corrected chi connectivity index (χ2v) is 10.9. The van der Waals surface area contributed by atoms with Gasteiger partial charge in [-0.2, -0.15) is 5.10 Å². The molecule has 1 aliphatic heterocycles. The van der Waals surface area contributed by atoms with Crippen LogP contribution < -0.4 is 11.1 Å². The van der Waals surface area contributed by atoms with Crippen molar-refractivity contribution in [3.05, 3.63) is 64.5 Å². The number of pyridine rings is 1. The van der Waals surface area contributed by atoms with Crippen LogP contribution in [-0.4, -0.2) is 62.5 Å². The number of anilines is 1. The molecule has 1 saturated heterocycles. The van der Waals surface area contributed by atoms with Gasteiger partial charge in [-0.05, 0) is 44.5 Å². The minimum atomic E-state index is -0.640. The number of aromatic nitrogens is 3. The number of amides is 2. The number of aryl methyl sites for hydroxylation is 1. The quantitative estimate of drug-likeness (QED) is 0.462. The van der Waals surface area contributed by atoms with E-state index in [9.17, 15) is 9.59 Å². The largest absolute Gasteiger partial charge is 0.444 e. The van der Waals surface area contributed by atoms with Gasteiger partial charge in [0.15, 0.2) is 0 Å². The fourth-order valence-corrected chi connectivity index (χ4v) is 4.24. The van der Waals surface area contributed by atoms with Gasteiger partial charge >= 0.3 is 6.09 Å². The molecule has 3 N–H and O–H groups in total. The second-order valence-electron chi connectivity index (χ2n) is 10.0. The number of carbonyl (C=O) groups is 2. The van der Waals surface area contributed by atoms with Gasteiger partial charge in [-0.3, -0.25) is 9.48 Å². The molecular formula is C26H31BrN6O4. The number of nitrogens with zero attached hydrogens (tertiary/aromatic N) is 4.